The van der Waals surface area contributed by atoms with Crippen LogP contribution in [0.3, 0.4) is 0 Å². The first-order valence-electron chi connectivity index (χ1n) is 8.45. The lowest BCUT2D eigenvalue weighted by Crippen LogP contribution is -2.12. The molecule has 0 radical (unpaired) electrons. The summed E-state index contributed by atoms with van der Waals surface area (Å²) in [5.41, 5.74) is 0.119. The van der Waals surface area contributed by atoms with E-state index in [4.69, 9.17) is 4.74 Å². The molecule has 1 aliphatic rings. The van der Waals surface area contributed by atoms with Gasteiger partial charge in [0.25, 0.3) is 0 Å². The first-order valence-corrected chi connectivity index (χ1v) is 9.24. The maximum Gasteiger partial charge on any atom is 0.418 e. The Morgan fingerprint density at radius 3 is 2.75 bits per heavy atom. The highest BCUT2D eigenvalue weighted by molar-refractivity contribution is 9.10. The first-order chi connectivity index (χ1) is 13.3. The van der Waals surface area contributed by atoms with Crippen LogP contribution < -0.4 is 10.1 Å². The molecule has 1 aliphatic heterocycles. The molecule has 144 valence electrons. The second-order valence-electron chi connectivity index (χ2n) is 6.22. The quantitative estimate of drug-likeness (QED) is 0.509. The summed E-state index contributed by atoms with van der Waals surface area (Å²) in [6.07, 6.45) is -2.46. The molecule has 0 fully saturated rings. The second-order valence-corrected chi connectivity index (χ2v) is 7.07. The number of nitrogens with zero attached hydrogens (tertiary/aromatic N) is 3. The van der Waals surface area contributed by atoms with Gasteiger partial charge in [0.1, 0.15) is 17.4 Å². The van der Waals surface area contributed by atoms with Crippen molar-refractivity contribution >= 4 is 38.5 Å². The van der Waals surface area contributed by atoms with E-state index in [0.717, 1.165) is 6.20 Å². The van der Waals surface area contributed by atoms with Gasteiger partial charge in [-0.3, -0.25) is 0 Å². The van der Waals surface area contributed by atoms with E-state index in [-0.39, 0.29) is 21.3 Å². The lowest BCUT2D eigenvalue weighted by atomic mass is 10.1. The Balaban J connectivity index is 1.96. The summed E-state index contributed by atoms with van der Waals surface area (Å²) in [6, 6.07) is 7.20. The molecule has 0 saturated heterocycles. The molecule has 2 aromatic heterocycles. The Kier molecular flexibility index (Phi) is 4.70. The molecule has 2 bridgehead atoms. The van der Waals surface area contributed by atoms with Crippen LogP contribution in [-0.2, 0) is 12.6 Å². The Hall–Kier alpha value is -2.68. The number of aryl methyl sites for hydroxylation is 1. The molecule has 0 aliphatic carbocycles. The van der Waals surface area contributed by atoms with Crippen molar-refractivity contribution in [3.63, 3.8) is 0 Å². The average Bonchev–Trinajstić information content (AvgIpc) is 2.66. The Morgan fingerprint density at radius 2 is 1.96 bits per heavy atom. The standard InChI is InChI=1S/C19H14BrF3N4O/c1-10-11-5-2-3-6-13(11)28-8-4-7-14-26-17-15(18(25-10)27-14)16(19(21,22)23)12(20)9-24-17/h2-3,5-6,9H,1,4,7-8H2,(H,24,25,26,27). The van der Waals surface area contributed by atoms with Gasteiger partial charge in [0.05, 0.1) is 17.6 Å². The number of aromatic nitrogens is 3. The predicted octanol–water partition coefficient (Wildman–Crippen LogP) is 5.21. The Labute approximate surface area is 166 Å². The number of para-hydroxylation sites is 1. The maximum absolute atomic E-state index is 13.8. The van der Waals surface area contributed by atoms with Crippen LogP contribution in [-0.4, -0.2) is 21.6 Å². The molecule has 0 spiro atoms. The number of fused-ring (bicyclic) bond motifs is 5. The number of benzene rings is 1. The van der Waals surface area contributed by atoms with Crippen LogP contribution in [0.25, 0.3) is 16.7 Å². The maximum atomic E-state index is 13.8. The van der Waals surface area contributed by atoms with Gasteiger partial charge in [0.15, 0.2) is 5.65 Å². The fourth-order valence-corrected chi connectivity index (χ4v) is 3.59. The van der Waals surface area contributed by atoms with Gasteiger partial charge in [-0.15, -0.1) is 0 Å². The van der Waals surface area contributed by atoms with Crippen molar-refractivity contribution in [3.05, 3.63) is 58.5 Å². The number of hydrogen-bond acceptors (Lipinski definition) is 5. The monoisotopic (exact) mass is 450 g/mol. The van der Waals surface area contributed by atoms with Crippen LogP contribution >= 0.6 is 15.9 Å². The lowest BCUT2D eigenvalue weighted by molar-refractivity contribution is -0.136. The molecular formula is C19H14BrF3N4O. The van der Waals surface area contributed by atoms with E-state index in [0.29, 0.717) is 42.3 Å². The predicted molar refractivity (Wildman–Crippen MR) is 103 cm³/mol. The lowest BCUT2D eigenvalue weighted by Gasteiger charge is -2.17. The molecule has 0 amide bonds. The van der Waals surface area contributed by atoms with E-state index in [1.165, 1.54) is 0 Å². The minimum absolute atomic E-state index is 0.0165. The average molecular weight is 451 g/mol. The third-order valence-corrected chi connectivity index (χ3v) is 4.89. The van der Waals surface area contributed by atoms with Crippen LogP contribution in [0.1, 0.15) is 23.4 Å². The van der Waals surface area contributed by atoms with Gasteiger partial charge in [-0.2, -0.15) is 13.2 Å². The Bertz CT molecular complexity index is 1080. The molecule has 0 atom stereocenters. The number of anilines is 1. The Morgan fingerprint density at radius 1 is 1.18 bits per heavy atom. The summed E-state index contributed by atoms with van der Waals surface area (Å²) >= 11 is 2.96. The van der Waals surface area contributed by atoms with Crippen LogP contribution in [0.2, 0.25) is 0 Å². The number of halogens is 4. The number of rotatable bonds is 0. The molecular weight excluding hydrogens is 437 g/mol. The van der Waals surface area contributed by atoms with Crippen molar-refractivity contribution in [2.24, 2.45) is 0 Å². The fourth-order valence-electron chi connectivity index (χ4n) is 3.06. The van der Waals surface area contributed by atoms with Crippen LogP contribution in [0, 0.1) is 0 Å². The number of hydrogen-bond donors (Lipinski definition) is 1. The van der Waals surface area contributed by atoms with Crippen molar-refractivity contribution in [1.82, 2.24) is 15.0 Å². The third kappa shape index (κ3) is 3.42. The number of nitrogens with one attached hydrogen (secondary N) is 1. The molecule has 1 N–H and O–H groups in total. The van der Waals surface area contributed by atoms with Crippen molar-refractivity contribution < 1.29 is 17.9 Å². The third-order valence-electron chi connectivity index (χ3n) is 4.29. The normalized spacial score (nSPS) is 14.6. The van der Waals surface area contributed by atoms with Gasteiger partial charge in [-0.25, -0.2) is 15.0 Å². The topological polar surface area (TPSA) is 59.9 Å². The zero-order valence-electron chi connectivity index (χ0n) is 14.5. The van der Waals surface area contributed by atoms with Gasteiger partial charge in [0, 0.05) is 28.4 Å². The number of pyridine rings is 1. The molecule has 0 unspecified atom stereocenters. The number of alkyl halides is 3. The van der Waals surface area contributed by atoms with E-state index in [9.17, 15) is 13.2 Å². The van der Waals surface area contributed by atoms with E-state index >= 15 is 0 Å². The molecule has 5 nitrogen and oxygen atoms in total. The highest BCUT2D eigenvalue weighted by atomic mass is 79.9. The smallest absolute Gasteiger partial charge is 0.418 e. The van der Waals surface area contributed by atoms with E-state index < -0.39 is 11.7 Å². The van der Waals surface area contributed by atoms with Crippen LogP contribution in [0.15, 0.2) is 41.5 Å². The van der Waals surface area contributed by atoms with Crippen LogP contribution in [0.4, 0.5) is 19.0 Å². The molecule has 4 rings (SSSR count). The molecule has 3 aromatic rings. The summed E-state index contributed by atoms with van der Waals surface area (Å²) < 4.78 is 46.9. The highest BCUT2D eigenvalue weighted by Gasteiger charge is 2.37. The van der Waals surface area contributed by atoms with E-state index in [1.807, 2.05) is 6.07 Å². The summed E-state index contributed by atoms with van der Waals surface area (Å²) in [5, 5.41) is 2.73. The number of ether oxygens (including phenoxy) is 1. The van der Waals surface area contributed by atoms with Gasteiger partial charge < -0.3 is 10.1 Å². The molecule has 0 saturated carbocycles. The summed E-state index contributed by atoms with van der Waals surface area (Å²) in [4.78, 5) is 12.7. The highest BCUT2D eigenvalue weighted by Crippen LogP contribution is 2.41. The minimum Gasteiger partial charge on any atom is -0.493 e. The van der Waals surface area contributed by atoms with Crippen molar-refractivity contribution in [3.8, 4) is 5.75 Å². The van der Waals surface area contributed by atoms with E-state index in [2.05, 4.69) is 42.8 Å². The van der Waals surface area contributed by atoms with Gasteiger partial charge in [-0.1, -0.05) is 18.7 Å². The molecule has 1 aromatic carbocycles. The fraction of sp³-hybridized carbons (Fsp3) is 0.211. The molecule has 3 heterocycles. The van der Waals surface area contributed by atoms with Gasteiger partial charge in [-0.05, 0) is 34.5 Å². The van der Waals surface area contributed by atoms with Gasteiger partial charge >= 0.3 is 6.18 Å². The summed E-state index contributed by atoms with van der Waals surface area (Å²) in [5.74, 6) is 1.01. The molecule has 28 heavy (non-hydrogen) atoms. The largest absolute Gasteiger partial charge is 0.493 e. The van der Waals surface area contributed by atoms with Crippen molar-refractivity contribution in [2.45, 2.75) is 19.0 Å². The molecule has 9 heteroatoms. The SMILES string of the molecule is C=C1Nc2nc(nc3ncc(Br)c(C(F)(F)F)c23)CCCOc2ccccc21. The minimum atomic E-state index is -4.61. The van der Waals surface area contributed by atoms with E-state index in [1.54, 1.807) is 18.2 Å². The van der Waals surface area contributed by atoms with Crippen molar-refractivity contribution in [2.75, 3.05) is 11.9 Å². The van der Waals surface area contributed by atoms with Crippen LogP contribution in [0.5, 0.6) is 5.75 Å². The first kappa shape index (κ1) is 18.7. The zero-order chi connectivity index (χ0) is 19.9. The summed E-state index contributed by atoms with van der Waals surface area (Å²) in [7, 11) is 0. The van der Waals surface area contributed by atoms with Gasteiger partial charge in [0.2, 0.25) is 0 Å². The second kappa shape index (κ2) is 7.05. The summed E-state index contributed by atoms with van der Waals surface area (Å²) in [6.45, 7) is 4.39. The zero-order valence-corrected chi connectivity index (χ0v) is 16.1. The van der Waals surface area contributed by atoms with Crippen molar-refractivity contribution in [1.29, 1.82) is 0 Å².